The number of pyridine rings is 2. The molecule has 3 aromatic rings. The minimum Gasteiger partial charge on any atom is -0.477 e. The maximum Gasteiger partial charge on any atom is 0.345 e. The number of thiophene rings is 1. The zero-order valence-electron chi connectivity index (χ0n) is 10.4. The first-order chi connectivity index (χ1) is 9.74. The van der Waals surface area contributed by atoms with Crippen molar-refractivity contribution in [2.24, 2.45) is 0 Å². The number of carbonyl (C=O) groups is 1. The molecule has 0 aliphatic carbocycles. The van der Waals surface area contributed by atoms with E-state index < -0.39 is 5.97 Å². The summed E-state index contributed by atoms with van der Waals surface area (Å²) in [6.45, 7) is 0. The first-order valence-electron chi connectivity index (χ1n) is 5.95. The van der Waals surface area contributed by atoms with Crippen LogP contribution in [-0.2, 0) is 0 Å². The Morgan fingerprint density at radius 2 is 1.85 bits per heavy atom. The number of hydrogen-bond acceptors (Lipinski definition) is 4. The second-order valence-corrected chi connectivity index (χ2v) is 5.20. The second-order valence-electron chi connectivity index (χ2n) is 4.11. The van der Waals surface area contributed by atoms with Gasteiger partial charge in [-0.2, -0.15) is 0 Å². The molecular formula is C15H10N2O2S. The molecule has 1 N–H and O–H groups in total. The molecule has 0 aliphatic rings. The predicted octanol–water partition coefficient (Wildman–Crippen LogP) is 3.57. The summed E-state index contributed by atoms with van der Waals surface area (Å²) < 4.78 is 0. The van der Waals surface area contributed by atoms with Crippen LogP contribution < -0.4 is 0 Å². The third kappa shape index (κ3) is 2.44. The number of aromatic carboxylic acids is 1. The number of aromatic nitrogens is 2. The van der Waals surface area contributed by atoms with Crippen LogP contribution in [0.5, 0.6) is 0 Å². The summed E-state index contributed by atoms with van der Waals surface area (Å²) in [6.07, 6.45) is 3.43. The molecule has 0 saturated carbocycles. The Bertz CT molecular complexity index is 753. The van der Waals surface area contributed by atoms with Crippen molar-refractivity contribution in [3.8, 4) is 21.8 Å². The van der Waals surface area contributed by atoms with Crippen LogP contribution in [0.4, 0.5) is 0 Å². The van der Waals surface area contributed by atoms with Crippen molar-refractivity contribution in [2.75, 3.05) is 0 Å². The fourth-order valence-electron chi connectivity index (χ4n) is 1.85. The molecule has 0 aromatic carbocycles. The van der Waals surface area contributed by atoms with Gasteiger partial charge in [-0.05, 0) is 42.0 Å². The maximum absolute atomic E-state index is 10.9. The number of hydrogen-bond donors (Lipinski definition) is 1. The molecule has 0 bridgehead atoms. The minimum atomic E-state index is -0.903. The maximum atomic E-state index is 10.9. The summed E-state index contributed by atoms with van der Waals surface area (Å²) in [7, 11) is 0. The molecule has 0 unspecified atom stereocenters. The van der Waals surface area contributed by atoms with Crippen LogP contribution in [0, 0.1) is 0 Å². The molecular weight excluding hydrogens is 272 g/mol. The molecule has 0 fully saturated rings. The molecule has 0 saturated heterocycles. The Morgan fingerprint density at radius 3 is 2.55 bits per heavy atom. The Morgan fingerprint density at radius 1 is 1.00 bits per heavy atom. The number of carboxylic acids is 1. The first-order valence-corrected chi connectivity index (χ1v) is 6.76. The minimum absolute atomic E-state index is 0.330. The van der Waals surface area contributed by atoms with E-state index in [9.17, 15) is 4.79 Å². The normalized spacial score (nSPS) is 10.4. The zero-order chi connectivity index (χ0) is 13.9. The fraction of sp³-hybridized carbons (Fsp3) is 0. The molecule has 20 heavy (non-hydrogen) atoms. The van der Waals surface area contributed by atoms with Gasteiger partial charge in [-0.25, -0.2) is 4.79 Å². The lowest BCUT2D eigenvalue weighted by Crippen LogP contribution is -1.89. The molecule has 0 spiro atoms. The SMILES string of the molecule is O=C(O)c1ccc(-c2ccnc(-c3ccccn3)c2)s1. The van der Waals surface area contributed by atoms with Crippen molar-refractivity contribution in [3.05, 3.63) is 59.7 Å². The largest absolute Gasteiger partial charge is 0.477 e. The Kier molecular flexibility index (Phi) is 3.26. The highest BCUT2D eigenvalue weighted by atomic mass is 32.1. The average Bonchev–Trinajstić information content (AvgIpc) is 2.98. The van der Waals surface area contributed by atoms with Crippen molar-refractivity contribution in [1.29, 1.82) is 0 Å². The lowest BCUT2D eigenvalue weighted by Gasteiger charge is -2.02. The van der Waals surface area contributed by atoms with Crippen LogP contribution >= 0.6 is 11.3 Å². The fourth-order valence-corrected chi connectivity index (χ4v) is 2.69. The lowest BCUT2D eigenvalue weighted by atomic mass is 10.1. The van der Waals surface area contributed by atoms with E-state index >= 15 is 0 Å². The van der Waals surface area contributed by atoms with Crippen LogP contribution in [0.15, 0.2) is 54.9 Å². The van der Waals surface area contributed by atoms with Crippen LogP contribution in [0.1, 0.15) is 9.67 Å². The number of nitrogens with zero attached hydrogens (tertiary/aromatic N) is 2. The van der Waals surface area contributed by atoms with E-state index in [0.29, 0.717) is 4.88 Å². The predicted molar refractivity (Wildman–Crippen MR) is 77.7 cm³/mol. The first kappa shape index (κ1) is 12.5. The third-order valence-electron chi connectivity index (χ3n) is 2.79. The van der Waals surface area contributed by atoms with Gasteiger partial charge >= 0.3 is 5.97 Å². The molecule has 3 aromatic heterocycles. The molecule has 0 radical (unpaired) electrons. The van der Waals surface area contributed by atoms with Crippen molar-refractivity contribution in [2.45, 2.75) is 0 Å². The van der Waals surface area contributed by atoms with E-state index in [4.69, 9.17) is 5.11 Å². The van der Waals surface area contributed by atoms with E-state index in [1.807, 2.05) is 36.4 Å². The van der Waals surface area contributed by atoms with Gasteiger partial charge in [0.05, 0.1) is 11.4 Å². The van der Waals surface area contributed by atoms with E-state index in [-0.39, 0.29) is 0 Å². The molecule has 98 valence electrons. The summed E-state index contributed by atoms with van der Waals surface area (Å²) in [6, 6.07) is 12.9. The van der Waals surface area contributed by atoms with Crippen molar-refractivity contribution >= 4 is 17.3 Å². The highest BCUT2D eigenvalue weighted by molar-refractivity contribution is 7.17. The Hall–Kier alpha value is -2.53. The standard InChI is InChI=1S/C15H10N2O2S/c18-15(19)14-5-4-13(20-14)10-6-8-17-12(9-10)11-3-1-2-7-16-11/h1-9H,(H,18,19). The summed E-state index contributed by atoms with van der Waals surface area (Å²) >= 11 is 1.25. The van der Waals surface area contributed by atoms with Crippen molar-refractivity contribution in [3.63, 3.8) is 0 Å². The molecule has 3 heterocycles. The summed E-state index contributed by atoms with van der Waals surface area (Å²) in [4.78, 5) is 20.7. The van der Waals surface area contributed by atoms with Gasteiger partial charge in [0.1, 0.15) is 4.88 Å². The van der Waals surface area contributed by atoms with Gasteiger partial charge in [-0.3, -0.25) is 9.97 Å². The molecule has 0 aliphatic heterocycles. The average molecular weight is 282 g/mol. The highest BCUT2D eigenvalue weighted by Gasteiger charge is 2.09. The van der Waals surface area contributed by atoms with Crippen LogP contribution in [0.25, 0.3) is 21.8 Å². The summed E-state index contributed by atoms with van der Waals surface area (Å²) in [5.74, 6) is -0.903. The quantitative estimate of drug-likeness (QED) is 0.797. The molecule has 0 atom stereocenters. The van der Waals surface area contributed by atoms with Gasteiger partial charge in [0.2, 0.25) is 0 Å². The van der Waals surface area contributed by atoms with E-state index in [0.717, 1.165) is 21.8 Å². The molecule has 0 amide bonds. The Labute approximate surface area is 119 Å². The van der Waals surface area contributed by atoms with Gasteiger partial charge in [0.25, 0.3) is 0 Å². The monoisotopic (exact) mass is 282 g/mol. The van der Waals surface area contributed by atoms with Gasteiger partial charge < -0.3 is 5.11 Å². The van der Waals surface area contributed by atoms with Gasteiger partial charge in [-0.15, -0.1) is 11.3 Å². The van der Waals surface area contributed by atoms with Crippen molar-refractivity contribution in [1.82, 2.24) is 9.97 Å². The van der Waals surface area contributed by atoms with Gasteiger partial charge in [0, 0.05) is 17.3 Å². The van der Waals surface area contributed by atoms with E-state index in [1.54, 1.807) is 18.5 Å². The van der Waals surface area contributed by atoms with Crippen LogP contribution in [0.3, 0.4) is 0 Å². The third-order valence-corrected chi connectivity index (χ3v) is 3.91. The zero-order valence-corrected chi connectivity index (χ0v) is 11.2. The van der Waals surface area contributed by atoms with Gasteiger partial charge in [-0.1, -0.05) is 6.07 Å². The highest BCUT2D eigenvalue weighted by Crippen LogP contribution is 2.29. The lowest BCUT2D eigenvalue weighted by molar-refractivity contribution is 0.0702. The topological polar surface area (TPSA) is 63.1 Å². The van der Waals surface area contributed by atoms with Gasteiger partial charge in [0.15, 0.2) is 0 Å². The second kappa shape index (κ2) is 5.22. The summed E-state index contributed by atoms with van der Waals surface area (Å²) in [5.41, 5.74) is 2.51. The van der Waals surface area contributed by atoms with Crippen LogP contribution in [0.2, 0.25) is 0 Å². The number of carboxylic acid groups (broad SMARTS) is 1. The molecule has 3 rings (SSSR count). The van der Waals surface area contributed by atoms with Crippen molar-refractivity contribution < 1.29 is 9.90 Å². The van der Waals surface area contributed by atoms with Crippen LogP contribution in [-0.4, -0.2) is 21.0 Å². The van der Waals surface area contributed by atoms with E-state index in [2.05, 4.69) is 9.97 Å². The number of rotatable bonds is 3. The Balaban J connectivity index is 2.01. The smallest absolute Gasteiger partial charge is 0.345 e. The summed E-state index contributed by atoms with van der Waals surface area (Å²) in [5, 5.41) is 8.97. The molecule has 4 nitrogen and oxygen atoms in total. The molecule has 5 heteroatoms. The van der Waals surface area contributed by atoms with E-state index in [1.165, 1.54) is 11.3 Å².